The van der Waals surface area contributed by atoms with Gasteiger partial charge in [-0.2, -0.15) is 5.10 Å². The number of hydrogen-bond donors (Lipinski definition) is 2. The molecular formula is C27H37N7O3. The van der Waals surface area contributed by atoms with Crippen molar-refractivity contribution in [2.75, 3.05) is 5.32 Å². The van der Waals surface area contributed by atoms with Crippen molar-refractivity contribution < 1.29 is 14.4 Å². The second kappa shape index (κ2) is 9.61. The zero-order valence-electron chi connectivity index (χ0n) is 21.6. The number of aryl methyl sites for hydroxylation is 1. The number of carbonyl (C=O) groups is 2. The van der Waals surface area contributed by atoms with E-state index in [1.54, 1.807) is 6.20 Å². The molecule has 4 aliphatic rings. The number of amides is 2. The topological polar surface area (TPSA) is 128 Å². The molecule has 0 saturated heterocycles. The van der Waals surface area contributed by atoms with Gasteiger partial charge >= 0.3 is 0 Å². The van der Waals surface area contributed by atoms with E-state index in [-0.39, 0.29) is 24.4 Å². The van der Waals surface area contributed by atoms with Gasteiger partial charge in [0.15, 0.2) is 5.65 Å². The van der Waals surface area contributed by atoms with Crippen LogP contribution in [0.4, 0.5) is 5.69 Å². The summed E-state index contributed by atoms with van der Waals surface area (Å²) >= 11 is 0. The summed E-state index contributed by atoms with van der Waals surface area (Å²) in [6.45, 7) is 2.74. The largest absolute Gasteiger partial charge is 0.381 e. The number of rotatable bonds is 8. The molecule has 1 aliphatic heterocycles. The predicted molar refractivity (Wildman–Crippen MR) is 140 cm³/mol. The highest BCUT2D eigenvalue weighted by Gasteiger charge is 2.57. The highest BCUT2D eigenvalue weighted by molar-refractivity contribution is 6.18. The number of nitrogens with two attached hydrogens (primary N) is 1. The summed E-state index contributed by atoms with van der Waals surface area (Å²) in [7, 11) is 0. The summed E-state index contributed by atoms with van der Waals surface area (Å²) in [6, 6.07) is 0.646. The zero-order chi connectivity index (χ0) is 25.6. The smallest absolute Gasteiger partial charge is 0.297 e. The van der Waals surface area contributed by atoms with Crippen molar-refractivity contribution in [3.63, 3.8) is 0 Å². The van der Waals surface area contributed by atoms with Gasteiger partial charge in [0.1, 0.15) is 0 Å². The summed E-state index contributed by atoms with van der Waals surface area (Å²) in [5, 5.41) is 13.5. The van der Waals surface area contributed by atoms with Gasteiger partial charge in [-0.1, -0.05) is 24.4 Å². The minimum absolute atomic E-state index is 0.00551. The van der Waals surface area contributed by atoms with Gasteiger partial charge in [0.25, 0.3) is 17.4 Å². The number of nitrogens with one attached hydrogen (secondary N) is 1. The fourth-order valence-corrected chi connectivity index (χ4v) is 6.18. The van der Waals surface area contributed by atoms with E-state index in [9.17, 15) is 9.59 Å². The molecule has 10 nitrogen and oxygen atoms in total. The van der Waals surface area contributed by atoms with Gasteiger partial charge in [-0.05, 0) is 58.3 Å². The highest BCUT2D eigenvalue weighted by Crippen LogP contribution is 2.40. The van der Waals surface area contributed by atoms with E-state index >= 15 is 0 Å². The van der Waals surface area contributed by atoms with Crippen LogP contribution >= 0.6 is 0 Å². The monoisotopic (exact) mass is 507 g/mol. The van der Waals surface area contributed by atoms with Crippen LogP contribution in [0.2, 0.25) is 0 Å². The molecule has 0 bridgehead atoms. The SMILES string of the molecule is CCn1ncc2c(NC3CCCCC3)c(C3=NOC(C(N)=O)(C(=O)N(C4CCC4)C4CCC4)C3)cnc21. The Morgan fingerprint density at radius 3 is 2.38 bits per heavy atom. The first-order valence-corrected chi connectivity index (χ1v) is 14.0. The molecule has 0 aromatic carbocycles. The van der Waals surface area contributed by atoms with Crippen molar-refractivity contribution in [1.82, 2.24) is 19.7 Å². The van der Waals surface area contributed by atoms with Gasteiger partial charge in [0.05, 0.1) is 29.4 Å². The molecule has 198 valence electrons. The number of anilines is 1. The molecule has 2 aromatic heterocycles. The molecule has 1 unspecified atom stereocenters. The third kappa shape index (κ3) is 4.05. The maximum atomic E-state index is 14.0. The highest BCUT2D eigenvalue weighted by atomic mass is 16.7. The van der Waals surface area contributed by atoms with Crippen LogP contribution < -0.4 is 11.1 Å². The molecular weight excluding hydrogens is 470 g/mol. The number of primary amides is 1. The first-order chi connectivity index (χ1) is 18.0. The van der Waals surface area contributed by atoms with E-state index in [1.807, 2.05) is 22.7 Å². The van der Waals surface area contributed by atoms with E-state index in [0.29, 0.717) is 18.3 Å². The molecule has 3 aliphatic carbocycles. The quantitative estimate of drug-likeness (QED) is 0.527. The zero-order valence-corrected chi connectivity index (χ0v) is 21.6. The Labute approximate surface area is 217 Å². The molecule has 2 aromatic rings. The Morgan fingerprint density at radius 2 is 1.78 bits per heavy atom. The van der Waals surface area contributed by atoms with E-state index < -0.39 is 11.5 Å². The Morgan fingerprint density at radius 1 is 1.08 bits per heavy atom. The fraction of sp³-hybridized carbons (Fsp3) is 0.667. The van der Waals surface area contributed by atoms with Crippen LogP contribution in [-0.2, 0) is 21.0 Å². The summed E-state index contributed by atoms with van der Waals surface area (Å²) in [5.74, 6) is -1.11. The Kier molecular flexibility index (Phi) is 6.28. The Bertz CT molecular complexity index is 1210. The third-order valence-corrected chi connectivity index (χ3v) is 8.87. The van der Waals surface area contributed by atoms with Gasteiger partial charge < -0.3 is 20.8 Å². The van der Waals surface area contributed by atoms with Crippen molar-refractivity contribution >= 4 is 34.2 Å². The third-order valence-electron chi connectivity index (χ3n) is 8.87. The number of oxime groups is 1. The lowest BCUT2D eigenvalue weighted by atomic mass is 9.82. The number of aromatic nitrogens is 3. The standard InChI is InChI=1S/C27H37N7O3/c1-2-33-24-21(16-30-33)23(31-17-8-4-3-5-9-17)20(15-29-24)22-14-27(25(28)35,37-32-22)26(36)34(18-10-6-11-18)19-12-7-13-19/h15-19H,2-14H2,1H3,(H2,28,35)(H,29,31). The first-order valence-electron chi connectivity index (χ1n) is 14.0. The maximum absolute atomic E-state index is 14.0. The number of nitrogens with zero attached hydrogens (tertiary/aromatic N) is 5. The van der Waals surface area contributed by atoms with E-state index in [4.69, 9.17) is 15.6 Å². The van der Waals surface area contributed by atoms with Gasteiger partial charge in [-0.25, -0.2) is 9.67 Å². The lowest BCUT2D eigenvalue weighted by Crippen LogP contribution is -2.63. The Balaban J connectivity index is 1.34. The lowest BCUT2D eigenvalue weighted by Gasteiger charge is -2.48. The van der Waals surface area contributed by atoms with Crippen LogP contribution in [0.5, 0.6) is 0 Å². The minimum Gasteiger partial charge on any atom is -0.381 e. The lowest BCUT2D eigenvalue weighted by molar-refractivity contribution is -0.170. The van der Waals surface area contributed by atoms with Gasteiger partial charge in [0, 0.05) is 36.4 Å². The average molecular weight is 508 g/mol. The van der Waals surface area contributed by atoms with Crippen LogP contribution in [-0.4, -0.2) is 60.9 Å². The normalized spacial score (nSPS) is 24.7. The van der Waals surface area contributed by atoms with Crippen LogP contribution in [0, 0.1) is 0 Å². The second-order valence-corrected chi connectivity index (χ2v) is 11.1. The molecule has 1 atom stereocenters. The molecule has 0 radical (unpaired) electrons. The van der Waals surface area contributed by atoms with Gasteiger partial charge in [-0.3, -0.25) is 9.59 Å². The number of pyridine rings is 1. The number of fused-ring (bicyclic) bond motifs is 1. The molecule has 37 heavy (non-hydrogen) atoms. The molecule has 3 fully saturated rings. The number of carbonyl (C=O) groups excluding carboxylic acids is 2. The first kappa shape index (κ1) is 24.2. The molecule has 2 amide bonds. The van der Waals surface area contributed by atoms with E-state index in [2.05, 4.69) is 15.6 Å². The Hall–Kier alpha value is -3.17. The van der Waals surface area contributed by atoms with Crippen LogP contribution in [0.15, 0.2) is 17.5 Å². The molecule has 3 saturated carbocycles. The summed E-state index contributed by atoms with van der Waals surface area (Å²) in [6.07, 6.45) is 15.5. The summed E-state index contributed by atoms with van der Waals surface area (Å²) in [5.41, 5.74) is 7.03. The van der Waals surface area contributed by atoms with Crippen molar-refractivity contribution in [3.8, 4) is 0 Å². The van der Waals surface area contributed by atoms with Crippen molar-refractivity contribution in [1.29, 1.82) is 0 Å². The molecule has 6 rings (SSSR count). The molecule has 3 heterocycles. The molecule has 3 N–H and O–H groups in total. The molecule has 10 heteroatoms. The van der Waals surface area contributed by atoms with Gasteiger partial charge in [-0.15, -0.1) is 0 Å². The molecule has 0 spiro atoms. The summed E-state index contributed by atoms with van der Waals surface area (Å²) < 4.78 is 1.87. The van der Waals surface area contributed by atoms with Crippen LogP contribution in [0.1, 0.15) is 89.5 Å². The predicted octanol–water partition coefficient (Wildman–Crippen LogP) is 3.48. The van der Waals surface area contributed by atoms with E-state index in [0.717, 1.165) is 73.7 Å². The van der Waals surface area contributed by atoms with E-state index in [1.165, 1.54) is 19.3 Å². The van der Waals surface area contributed by atoms with Gasteiger partial charge in [0.2, 0.25) is 0 Å². The maximum Gasteiger partial charge on any atom is 0.297 e. The van der Waals surface area contributed by atoms with Crippen LogP contribution in [0.25, 0.3) is 11.0 Å². The van der Waals surface area contributed by atoms with Crippen molar-refractivity contribution in [2.24, 2.45) is 10.9 Å². The van der Waals surface area contributed by atoms with Crippen LogP contribution in [0.3, 0.4) is 0 Å². The average Bonchev–Trinajstić information content (AvgIpc) is 3.47. The summed E-state index contributed by atoms with van der Waals surface area (Å²) in [4.78, 5) is 39.3. The fourth-order valence-electron chi connectivity index (χ4n) is 6.18. The second-order valence-electron chi connectivity index (χ2n) is 11.1. The minimum atomic E-state index is -1.81. The van der Waals surface area contributed by atoms with Crippen molar-refractivity contribution in [2.45, 2.75) is 114 Å². The van der Waals surface area contributed by atoms with Crippen molar-refractivity contribution in [3.05, 3.63) is 18.0 Å². The number of hydrogen-bond acceptors (Lipinski definition) is 7.